The normalized spacial score (nSPS) is 16.7. The summed E-state index contributed by atoms with van der Waals surface area (Å²) in [4.78, 5) is 26.3. The van der Waals surface area contributed by atoms with Crippen molar-refractivity contribution in [2.45, 2.75) is 18.9 Å². The van der Waals surface area contributed by atoms with E-state index in [2.05, 4.69) is 14.9 Å². The number of nitrogens with zero attached hydrogens (tertiary/aromatic N) is 3. The molecule has 1 aromatic carbocycles. The first-order valence-corrected chi connectivity index (χ1v) is 9.60. The second-order valence-electron chi connectivity index (χ2n) is 7.20. The Morgan fingerprint density at radius 3 is 2.66 bits per heavy atom. The van der Waals surface area contributed by atoms with Crippen molar-refractivity contribution in [1.29, 1.82) is 0 Å². The topological polar surface area (TPSA) is 80.3 Å². The van der Waals surface area contributed by atoms with Crippen molar-refractivity contribution in [2.24, 2.45) is 0 Å². The number of hydrogen-bond donors (Lipinski definition) is 1. The average molecular weight is 392 g/mol. The fourth-order valence-corrected chi connectivity index (χ4v) is 3.75. The van der Waals surface area contributed by atoms with Crippen molar-refractivity contribution in [1.82, 2.24) is 19.9 Å². The van der Waals surface area contributed by atoms with Crippen molar-refractivity contribution >= 4 is 0 Å². The first-order chi connectivity index (χ1) is 14.1. The Kier molecular flexibility index (Phi) is 5.57. The molecule has 1 aliphatic rings. The number of benzene rings is 1. The van der Waals surface area contributed by atoms with E-state index >= 15 is 0 Å². The zero-order chi connectivity index (χ0) is 20.2. The summed E-state index contributed by atoms with van der Waals surface area (Å²) >= 11 is 0. The van der Waals surface area contributed by atoms with Gasteiger partial charge in [-0.25, -0.2) is 4.98 Å². The predicted octanol–water partition coefficient (Wildman–Crippen LogP) is 2.84. The standard InChI is InChI=1S/C22H24N4O3/c1-28-18-8-15(9-19(10-18)29-2)13-26-7-5-17(14-26)22-24-20(11-21(27)25-22)16-4-3-6-23-12-16/h3-4,6,8-12,17H,5,7,13-14H2,1-2H3,(H,24,25,27). The lowest BCUT2D eigenvalue weighted by atomic mass is 10.1. The molecule has 7 heteroatoms. The van der Waals surface area contributed by atoms with Gasteiger partial charge in [0.2, 0.25) is 0 Å². The SMILES string of the molecule is COc1cc(CN2CCC(c3nc(-c4cccnc4)cc(=O)[nH]3)C2)cc(OC)c1. The summed E-state index contributed by atoms with van der Waals surface area (Å²) in [6, 6.07) is 11.2. The molecule has 3 aromatic rings. The van der Waals surface area contributed by atoms with Crippen LogP contribution in [0.1, 0.15) is 23.7 Å². The van der Waals surface area contributed by atoms with E-state index in [1.165, 1.54) is 6.07 Å². The minimum absolute atomic E-state index is 0.134. The highest BCUT2D eigenvalue weighted by Gasteiger charge is 2.26. The van der Waals surface area contributed by atoms with Gasteiger partial charge in [-0.1, -0.05) is 0 Å². The Morgan fingerprint density at radius 2 is 1.97 bits per heavy atom. The maximum absolute atomic E-state index is 12.2. The number of likely N-dealkylation sites (tertiary alicyclic amines) is 1. The minimum Gasteiger partial charge on any atom is -0.497 e. The summed E-state index contributed by atoms with van der Waals surface area (Å²) in [5, 5.41) is 0. The lowest BCUT2D eigenvalue weighted by molar-refractivity contribution is 0.323. The molecule has 1 atom stereocenters. The molecule has 1 unspecified atom stereocenters. The largest absolute Gasteiger partial charge is 0.497 e. The van der Waals surface area contributed by atoms with Crippen LogP contribution in [0.3, 0.4) is 0 Å². The highest BCUT2D eigenvalue weighted by Crippen LogP contribution is 2.29. The fraction of sp³-hybridized carbons (Fsp3) is 0.318. The summed E-state index contributed by atoms with van der Waals surface area (Å²) in [6.45, 7) is 2.56. The van der Waals surface area contributed by atoms with Crippen LogP contribution in [0, 0.1) is 0 Å². The van der Waals surface area contributed by atoms with Crippen molar-refractivity contribution in [3.8, 4) is 22.8 Å². The van der Waals surface area contributed by atoms with E-state index in [1.807, 2.05) is 30.3 Å². The van der Waals surface area contributed by atoms with E-state index in [4.69, 9.17) is 14.5 Å². The molecule has 1 saturated heterocycles. The van der Waals surface area contributed by atoms with Crippen LogP contribution in [0.4, 0.5) is 0 Å². The van der Waals surface area contributed by atoms with Gasteiger partial charge in [0.05, 0.1) is 19.9 Å². The van der Waals surface area contributed by atoms with E-state index < -0.39 is 0 Å². The average Bonchev–Trinajstić information content (AvgIpc) is 3.22. The molecular formula is C22H24N4O3. The molecule has 1 N–H and O–H groups in total. The molecule has 0 spiro atoms. The Balaban J connectivity index is 1.51. The van der Waals surface area contributed by atoms with Crippen molar-refractivity contribution < 1.29 is 9.47 Å². The van der Waals surface area contributed by atoms with Gasteiger partial charge in [0.1, 0.15) is 17.3 Å². The number of hydrogen-bond acceptors (Lipinski definition) is 6. The number of nitrogens with one attached hydrogen (secondary N) is 1. The van der Waals surface area contributed by atoms with Crippen LogP contribution in [0.15, 0.2) is 53.6 Å². The highest BCUT2D eigenvalue weighted by atomic mass is 16.5. The monoisotopic (exact) mass is 392 g/mol. The van der Waals surface area contributed by atoms with Gasteiger partial charge in [-0.2, -0.15) is 0 Å². The number of H-pyrrole nitrogens is 1. The third-order valence-corrected chi connectivity index (χ3v) is 5.19. The van der Waals surface area contributed by atoms with Crippen LogP contribution in [0.2, 0.25) is 0 Å². The molecule has 0 radical (unpaired) electrons. The molecule has 29 heavy (non-hydrogen) atoms. The molecule has 0 aliphatic carbocycles. The molecule has 0 bridgehead atoms. The van der Waals surface area contributed by atoms with Gasteiger partial charge in [0, 0.05) is 49.1 Å². The molecule has 0 amide bonds. The van der Waals surface area contributed by atoms with Crippen molar-refractivity contribution in [3.05, 3.63) is 70.5 Å². The van der Waals surface area contributed by atoms with Crippen LogP contribution in [0.5, 0.6) is 11.5 Å². The molecule has 150 valence electrons. The van der Waals surface area contributed by atoms with Crippen LogP contribution < -0.4 is 15.0 Å². The number of aromatic nitrogens is 3. The number of rotatable bonds is 6. The van der Waals surface area contributed by atoms with E-state index in [0.717, 1.165) is 54.5 Å². The van der Waals surface area contributed by atoms with E-state index in [9.17, 15) is 4.79 Å². The second kappa shape index (κ2) is 8.45. The van der Waals surface area contributed by atoms with Crippen LogP contribution >= 0.6 is 0 Å². The Morgan fingerprint density at radius 1 is 1.17 bits per heavy atom. The van der Waals surface area contributed by atoms with Gasteiger partial charge >= 0.3 is 0 Å². The number of pyridine rings is 1. The molecule has 1 fully saturated rings. The van der Waals surface area contributed by atoms with Gasteiger partial charge in [-0.05, 0) is 42.8 Å². The number of methoxy groups -OCH3 is 2. The zero-order valence-electron chi connectivity index (χ0n) is 16.6. The highest BCUT2D eigenvalue weighted by molar-refractivity contribution is 5.57. The lowest BCUT2D eigenvalue weighted by Crippen LogP contribution is -2.21. The summed E-state index contributed by atoms with van der Waals surface area (Å²) in [5.74, 6) is 2.49. The molecule has 7 nitrogen and oxygen atoms in total. The molecule has 4 rings (SSSR count). The van der Waals surface area contributed by atoms with E-state index in [0.29, 0.717) is 5.69 Å². The van der Waals surface area contributed by atoms with Gasteiger partial charge in [0.15, 0.2) is 0 Å². The van der Waals surface area contributed by atoms with Crippen LogP contribution in [-0.4, -0.2) is 47.2 Å². The summed E-state index contributed by atoms with van der Waals surface area (Å²) < 4.78 is 10.7. The molecule has 1 aliphatic heterocycles. The molecule has 2 aromatic heterocycles. The minimum atomic E-state index is -0.134. The maximum Gasteiger partial charge on any atom is 0.251 e. The predicted molar refractivity (Wildman–Crippen MR) is 110 cm³/mol. The Bertz CT molecular complexity index is 1010. The van der Waals surface area contributed by atoms with Crippen molar-refractivity contribution in [3.63, 3.8) is 0 Å². The first-order valence-electron chi connectivity index (χ1n) is 9.60. The fourth-order valence-electron chi connectivity index (χ4n) is 3.75. The molecule has 3 heterocycles. The maximum atomic E-state index is 12.2. The molecule has 0 saturated carbocycles. The van der Waals surface area contributed by atoms with Gasteiger partial charge in [-0.3, -0.25) is 14.7 Å². The van der Waals surface area contributed by atoms with Crippen molar-refractivity contribution in [2.75, 3.05) is 27.3 Å². The first kappa shape index (κ1) is 19.1. The van der Waals surface area contributed by atoms with E-state index in [1.54, 1.807) is 26.6 Å². The lowest BCUT2D eigenvalue weighted by Gasteiger charge is -2.17. The molecular weight excluding hydrogens is 368 g/mol. The summed E-state index contributed by atoms with van der Waals surface area (Å²) in [6.07, 6.45) is 4.38. The zero-order valence-corrected chi connectivity index (χ0v) is 16.6. The quantitative estimate of drug-likeness (QED) is 0.695. The summed E-state index contributed by atoms with van der Waals surface area (Å²) in [5.41, 5.74) is 2.50. The van der Waals surface area contributed by atoms with Gasteiger partial charge < -0.3 is 14.5 Å². The van der Waals surface area contributed by atoms with E-state index in [-0.39, 0.29) is 11.5 Å². The number of aromatic amines is 1. The third kappa shape index (κ3) is 4.46. The smallest absolute Gasteiger partial charge is 0.251 e. The van der Waals surface area contributed by atoms with Gasteiger partial charge in [-0.15, -0.1) is 0 Å². The Hall–Kier alpha value is -3.19. The van der Waals surface area contributed by atoms with Gasteiger partial charge in [0.25, 0.3) is 5.56 Å². The second-order valence-corrected chi connectivity index (χ2v) is 7.20. The third-order valence-electron chi connectivity index (χ3n) is 5.19. The summed E-state index contributed by atoms with van der Waals surface area (Å²) in [7, 11) is 3.31. The van der Waals surface area contributed by atoms with Crippen LogP contribution in [0.25, 0.3) is 11.3 Å². The Labute approximate surface area is 169 Å². The number of ether oxygens (including phenoxy) is 2. The van der Waals surface area contributed by atoms with Crippen LogP contribution in [-0.2, 0) is 6.54 Å².